The van der Waals surface area contributed by atoms with Gasteiger partial charge in [0.25, 0.3) is 0 Å². The number of hydrogen-bond acceptors (Lipinski definition) is 5. The third-order valence-electron chi connectivity index (χ3n) is 6.86. The van der Waals surface area contributed by atoms with Gasteiger partial charge in [-0.1, -0.05) is 73.5 Å². The molecule has 2 amide bonds. The summed E-state index contributed by atoms with van der Waals surface area (Å²) in [7, 11) is -2.10. The predicted molar refractivity (Wildman–Crippen MR) is 168 cm³/mol. The minimum Gasteiger partial charge on any atom is -0.497 e. The molecule has 0 heterocycles. The SMILES string of the molecule is CCCCNC(=O)[C@H](Cc1ccccc1)N(Cc1ccc(Cl)cc1)C(=O)CCCN(c1cccc(OC)c1)S(C)(=O)=O. The molecule has 1 N–H and O–H groups in total. The second-order valence-corrected chi connectivity index (χ2v) is 12.5. The number of unbranched alkanes of at least 4 members (excludes halogenated alkanes) is 1. The molecule has 0 radical (unpaired) electrons. The lowest BCUT2D eigenvalue weighted by Gasteiger charge is -2.32. The summed E-state index contributed by atoms with van der Waals surface area (Å²) < 4.78 is 31.9. The lowest BCUT2D eigenvalue weighted by Crippen LogP contribution is -2.50. The van der Waals surface area contributed by atoms with Crippen molar-refractivity contribution in [2.75, 3.05) is 30.8 Å². The van der Waals surface area contributed by atoms with E-state index in [-0.39, 0.29) is 37.7 Å². The first-order valence-electron chi connectivity index (χ1n) is 14.1. The Morgan fingerprint density at radius 2 is 1.67 bits per heavy atom. The van der Waals surface area contributed by atoms with Gasteiger partial charge < -0.3 is 15.0 Å². The van der Waals surface area contributed by atoms with Crippen LogP contribution in [-0.2, 0) is 32.6 Å². The maximum absolute atomic E-state index is 13.9. The lowest BCUT2D eigenvalue weighted by molar-refractivity contribution is -0.141. The fourth-order valence-corrected chi connectivity index (χ4v) is 5.70. The van der Waals surface area contributed by atoms with Crippen LogP contribution in [0.1, 0.15) is 43.7 Å². The van der Waals surface area contributed by atoms with Gasteiger partial charge in [-0.25, -0.2) is 8.42 Å². The molecule has 0 aromatic heterocycles. The number of benzene rings is 3. The fraction of sp³-hybridized carbons (Fsp3) is 0.375. The van der Waals surface area contributed by atoms with Crippen molar-refractivity contribution in [3.63, 3.8) is 0 Å². The monoisotopic (exact) mass is 613 g/mol. The number of rotatable bonds is 16. The number of halogens is 1. The molecular formula is C32H40ClN3O5S. The Labute approximate surface area is 254 Å². The molecule has 0 bridgehead atoms. The normalized spacial score (nSPS) is 11.9. The fourth-order valence-electron chi connectivity index (χ4n) is 4.62. The standard InChI is InChI=1S/C32H40ClN3O5S/c1-4-5-20-34-32(38)30(22-25-11-7-6-8-12-25)35(24-26-16-18-27(33)19-17-26)31(37)15-10-21-36(42(3,39)40)28-13-9-14-29(23-28)41-2/h6-9,11-14,16-19,23,30H,4-5,10,15,20-22,24H2,1-3H3,(H,34,38)/t30-/m0/s1. The highest BCUT2D eigenvalue weighted by molar-refractivity contribution is 7.92. The van der Waals surface area contributed by atoms with Gasteiger partial charge in [0.05, 0.1) is 19.1 Å². The van der Waals surface area contributed by atoms with Crippen LogP contribution in [0.4, 0.5) is 5.69 Å². The van der Waals surface area contributed by atoms with Crippen molar-refractivity contribution in [3.05, 3.63) is 95.0 Å². The Balaban J connectivity index is 1.86. The molecule has 3 aromatic carbocycles. The number of nitrogens with zero attached hydrogens (tertiary/aromatic N) is 2. The third kappa shape index (κ3) is 10.1. The van der Waals surface area contributed by atoms with Gasteiger partial charge in [-0.2, -0.15) is 0 Å². The zero-order valence-corrected chi connectivity index (χ0v) is 26.0. The molecule has 8 nitrogen and oxygen atoms in total. The maximum atomic E-state index is 13.9. The van der Waals surface area contributed by atoms with Crippen LogP contribution >= 0.6 is 11.6 Å². The van der Waals surface area contributed by atoms with Crippen LogP contribution in [0.3, 0.4) is 0 Å². The summed E-state index contributed by atoms with van der Waals surface area (Å²) in [6, 6.07) is 22.8. The van der Waals surface area contributed by atoms with E-state index in [1.54, 1.807) is 41.3 Å². The molecule has 226 valence electrons. The summed E-state index contributed by atoms with van der Waals surface area (Å²) in [5.74, 6) is 0.0728. The van der Waals surface area contributed by atoms with Crippen molar-refractivity contribution in [2.45, 2.75) is 51.6 Å². The third-order valence-corrected chi connectivity index (χ3v) is 8.31. The number of sulfonamides is 1. The first-order chi connectivity index (χ1) is 20.1. The highest BCUT2D eigenvalue weighted by Crippen LogP contribution is 2.24. The van der Waals surface area contributed by atoms with E-state index in [0.29, 0.717) is 29.4 Å². The Morgan fingerprint density at radius 1 is 0.952 bits per heavy atom. The molecule has 10 heteroatoms. The number of ether oxygens (including phenoxy) is 1. The van der Waals surface area contributed by atoms with Crippen molar-refractivity contribution in [3.8, 4) is 5.75 Å². The van der Waals surface area contributed by atoms with Gasteiger partial charge >= 0.3 is 0 Å². The Kier molecular flexibility index (Phi) is 12.7. The Morgan fingerprint density at radius 3 is 2.31 bits per heavy atom. The summed E-state index contributed by atoms with van der Waals surface area (Å²) in [5.41, 5.74) is 2.23. The highest BCUT2D eigenvalue weighted by atomic mass is 35.5. The second kappa shape index (κ2) is 16.2. The molecule has 42 heavy (non-hydrogen) atoms. The van der Waals surface area contributed by atoms with E-state index >= 15 is 0 Å². The molecule has 0 spiro atoms. The van der Waals surface area contributed by atoms with Gasteiger partial charge in [-0.3, -0.25) is 13.9 Å². The largest absolute Gasteiger partial charge is 0.497 e. The summed E-state index contributed by atoms with van der Waals surface area (Å²) in [4.78, 5) is 29.0. The Bertz CT molecular complexity index is 1400. The molecule has 1 atom stereocenters. The summed E-state index contributed by atoms with van der Waals surface area (Å²) in [6.07, 6.45) is 3.56. The van der Waals surface area contributed by atoms with E-state index in [4.69, 9.17) is 16.3 Å². The number of nitrogens with one attached hydrogen (secondary N) is 1. The number of hydrogen-bond donors (Lipinski definition) is 1. The van der Waals surface area contributed by atoms with Crippen molar-refractivity contribution in [2.24, 2.45) is 0 Å². The summed E-state index contributed by atoms with van der Waals surface area (Å²) >= 11 is 6.10. The number of methoxy groups -OCH3 is 1. The van der Waals surface area contributed by atoms with Crippen molar-refractivity contribution in [1.82, 2.24) is 10.2 Å². The average molecular weight is 614 g/mol. The molecule has 0 aliphatic carbocycles. The van der Waals surface area contributed by atoms with Gasteiger partial charge in [-0.15, -0.1) is 0 Å². The number of carbonyl (C=O) groups is 2. The summed E-state index contributed by atoms with van der Waals surface area (Å²) in [6.45, 7) is 2.88. The molecule has 0 aliphatic rings. The number of amides is 2. The van der Waals surface area contributed by atoms with E-state index in [0.717, 1.165) is 30.2 Å². The second-order valence-electron chi connectivity index (χ2n) is 10.1. The summed E-state index contributed by atoms with van der Waals surface area (Å²) in [5, 5.41) is 3.58. The van der Waals surface area contributed by atoms with Crippen LogP contribution in [0.5, 0.6) is 5.75 Å². The van der Waals surface area contributed by atoms with Gasteiger partial charge in [0, 0.05) is 43.6 Å². The topological polar surface area (TPSA) is 96.0 Å². The van der Waals surface area contributed by atoms with Crippen LogP contribution in [0.25, 0.3) is 0 Å². The van der Waals surface area contributed by atoms with Crippen molar-refractivity contribution >= 4 is 39.1 Å². The average Bonchev–Trinajstić information content (AvgIpc) is 2.98. The van der Waals surface area contributed by atoms with E-state index in [2.05, 4.69) is 12.2 Å². The first kappa shape index (κ1) is 32.9. The van der Waals surface area contributed by atoms with Crippen molar-refractivity contribution in [1.29, 1.82) is 0 Å². The Hall–Kier alpha value is -3.56. The zero-order chi connectivity index (χ0) is 30.5. The van der Waals surface area contributed by atoms with Gasteiger partial charge in [0.15, 0.2) is 0 Å². The van der Waals surface area contributed by atoms with Crippen LogP contribution < -0.4 is 14.4 Å². The van der Waals surface area contributed by atoms with Crippen LogP contribution in [0, 0.1) is 0 Å². The van der Waals surface area contributed by atoms with Crippen molar-refractivity contribution < 1.29 is 22.7 Å². The van der Waals surface area contributed by atoms with E-state index in [9.17, 15) is 18.0 Å². The quantitative estimate of drug-likeness (QED) is 0.217. The molecular weight excluding hydrogens is 574 g/mol. The molecule has 0 saturated carbocycles. The highest BCUT2D eigenvalue weighted by Gasteiger charge is 2.30. The van der Waals surface area contributed by atoms with E-state index < -0.39 is 16.1 Å². The van der Waals surface area contributed by atoms with Gasteiger partial charge in [-0.05, 0) is 48.2 Å². The first-order valence-corrected chi connectivity index (χ1v) is 16.3. The molecule has 0 aliphatic heterocycles. The van der Waals surface area contributed by atoms with E-state index in [1.807, 2.05) is 42.5 Å². The van der Waals surface area contributed by atoms with Crippen LogP contribution in [-0.4, -0.2) is 57.6 Å². The maximum Gasteiger partial charge on any atom is 0.243 e. The van der Waals surface area contributed by atoms with Gasteiger partial charge in [0.1, 0.15) is 11.8 Å². The van der Waals surface area contributed by atoms with Crippen LogP contribution in [0.15, 0.2) is 78.9 Å². The van der Waals surface area contributed by atoms with E-state index in [1.165, 1.54) is 11.4 Å². The zero-order valence-electron chi connectivity index (χ0n) is 24.5. The lowest BCUT2D eigenvalue weighted by atomic mass is 10.0. The van der Waals surface area contributed by atoms with Crippen LogP contribution in [0.2, 0.25) is 5.02 Å². The molecule has 0 unspecified atom stereocenters. The number of carbonyl (C=O) groups excluding carboxylic acids is 2. The number of anilines is 1. The molecule has 3 rings (SSSR count). The predicted octanol–water partition coefficient (Wildman–Crippen LogP) is 5.45. The minimum absolute atomic E-state index is 0.0527. The van der Waals surface area contributed by atoms with Gasteiger partial charge in [0.2, 0.25) is 21.8 Å². The minimum atomic E-state index is -3.62. The molecule has 3 aromatic rings. The molecule has 0 saturated heterocycles. The molecule has 0 fully saturated rings. The smallest absolute Gasteiger partial charge is 0.243 e.